The predicted octanol–water partition coefficient (Wildman–Crippen LogP) is 2.59. The van der Waals surface area contributed by atoms with Gasteiger partial charge in [-0.1, -0.05) is 33.6 Å². The van der Waals surface area contributed by atoms with Gasteiger partial charge in [0.2, 0.25) is 0 Å². The Labute approximate surface area is 145 Å². The van der Waals surface area contributed by atoms with Gasteiger partial charge in [-0.05, 0) is 31.0 Å². The summed E-state index contributed by atoms with van der Waals surface area (Å²) in [5, 5.41) is 7.00. The maximum Gasteiger partial charge on any atom is 0.191 e. The lowest BCUT2D eigenvalue weighted by molar-refractivity contribution is 0.581. The van der Waals surface area contributed by atoms with E-state index >= 15 is 0 Å². The van der Waals surface area contributed by atoms with E-state index in [4.69, 9.17) is 11.6 Å². The maximum absolute atomic E-state index is 11.2. The third-order valence-corrected chi connectivity index (χ3v) is 4.81. The predicted molar refractivity (Wildman–Crippen MR) is 96.3 cm³/mol. The van der Waals surface area contributed by atoms with E-state index < -0.39 is 9.84 Å². The number of hydrogen-bond donors (Lipinski definition) is 2. The summed E-state index contributed by atoms with van der Waals surface area (Å²) in [5.74, 6) is 0.761. The second kappa shape index (κ2) is 8.74. The Bertz CT molecular complexity index is 635. The standard InChI is InChI=1S/C14H21BrClN3O2S/c1-10(6-7-22(3,20)21)19-14(17-2)18-9-11-4-5-12(15)8-13(11)16/h4-5,8,10H,6-7,9H2,1-3H3,(H2,17,18,19). The molecule has 1 aromatic carbocycles. The zero-order chi connectivity index (χ0) is 16.8. The zero-order valence-electron chi connectivity index (χ0n) is 12.9. The molecular formula is C14H21BrClN3O2S. The molecular weight excluding hydrogens is 390 g/mol. The first-order valence-corrected chi connectivity index (χ1v) is 10.0. The lowest BCUT2D eigenvalue weighted by Crippen LogP contribution is -2.42. The van der Waals surface area contributed by atoms with Crippen molar-refractivity contribution in [1.82, 2.24) is 10.6 Å². The second-order valence-electron chi connectivity index (χ2n) is 5.13. The van der Waals surface area contributed by atoms with Crippen LogP contribution in [0.15, 0.2) is 27.7 Å². The van der Waals surface area contributed by atoms with E-state index in [2.05, 4.69) is 31.6 Å². The molecule has 0 aromatic heterocycles. The van der Waals surface area contributed by atoms with Crippen LogP contribution < -0.4 is 10.6 Å². The first kappa shape index (κ1) is 19.3. The fourth-order valence-corrected chi connectivity index (χ4v) is 3.26. The highest BCUT2D eigenvalue weighted by Crippen LogP contribution is 2.21. The number of halogens is 2. The summed E-state index contributed by atoms with van der Waals surface area (Å²) >= 11 is 9.53. The van der Waals surface area contributed by atoms with Gasteiger partial charge in [-0.25, -0.2) is 8.42 Å². The third-order valence-electron chi connectivity index (χ3n) is 2.99. The van der Waals surface area contributed by atoms with Gasteiger partial charge >= 0.3 is 0 Å². The molecule has 0 bridgehead atoms. The third kappa shape index (κ3) is 7.47. The van der Waals surface area contributed by atoms with Gasteiger partial charge in [-0.2, -0.15) is 0 Å². The first-order chi connectivity index (χ1) is 10.2. The Kier molecular flexibility index (Phi) is 7.65. The molecule has 0 fully saturated rings. The molecule has 124 valence electrons. The summed E-state index contributed by atoms with van der Waals surface area (Å²) in [6.07, 6.45) is 1.76. The van der Waals surface area contributed by atoms with Gasteiger partial charge in [0.05, 0.1) is 5.75 Å². The first-order valence-electron chi connectivity index (χ1n) is 6.80. The lowest BCUT2D eigenvalue weighted by atomic mass is 10.2. The van der Waals surface area contributed by atoms with Gasteiger partial charge in [-0.15, -0.1) is 0 Å². The van der Waals surface area contributed by atoms with Crippen molar-refractivity contribution in [2.24, 2.45) is 4.99 Å². The maximum atomic E-state index is 11.2. The quantitative estimate of drug-likeness (QED) is 0.558. The van der Waals surface area contributed by atoms with E-state index in [0.29, 0.717) is 23.9 Å². The minimum Gasteiger partial charge on any atom is -0.354 e. The molecule has 2 N–H and O–H groups in total. The highest BCUT2D eigenvalue weighted by Gasteiger charge is 2.10. The van der Waals surface area contributed by atoms with Crippen LogP contribution in [0.5, 0.6) is 0 Å². The molecule has 5 nitrogen and oxygen atoms in total. The minimum absolute atomic E-state index is 0.00122. The van der Waals surface area contributed by atoms with Crippen LogP contribution in [0.2, 0.25) is 5.02 Å². The van der Waals surface area contributed by atoms with Gasteiger partial charge in [0, 0.05) is 35.4 Å². The monoisotopic (exact) mass is 409 g/mol. The Hall–Kier alpha value is -0.790. The molecule has 22 heavy (non-hydrogen) atoms. The summed E-state index contributed by atoms with van der Waals surface area (Å²) in [4.78, 5) is 4.13. The van der Waals surface area contributed by atoms with Crippen LogP contribution >= 0.6 is 27.5 Å². The molecule has 0 amide bonds. The SMILES string of the molecule is CN=C(NCc1ccc(Br)cc1Cl)NC(C)CCS(C)(=O)=O. The molecule has 1 atom stereocenters. The van der Waals surface area contributed by atoms with Crippen LogP contribution in [-0.4, -0.2) is 39.5 Å². The molecule has 0 aliphatic carbocycles. The normalized spacial score (nSPS) is 13.8. The Morgan fingerprint density at radius 3 is 2.68 bits per heavy atom. The van der Waals surface area contributed by atoms with E-state index in [1.54, 1.807) is 7.05 Å². The average Bonchev–Trinajstić information content (AvgIpc) is 2.42. The Balaban J connectivity index is 2.52. The molecule has 0 heterocycles. The number of sulfone groups is 1. The van der Waals surface area contributed by atoms with Crippen molar-refractivity contribution in [3.8, 4) is 0 Å². The van der Waals surface area contributed by atoms with E-state index in [1.807, 2.05) is 25.1 Å². The summed E-state index contributed by atoms with van der Waals surface area (Å²) in [7, 11) is -1.28. The summed E-state index contributed by atoms with van der Waals surface area (Å²) in [6.45, 7) is 2.45. The van der Waals surface area contributed by atoms with Gasteiger partial charge in [-0.3, -0.25) is 4.99 Å². The number of benzene rings is 1. The van der Waals surface area contributed by atoms with Gasteiger partial charge < -0.3 is 10.6 Å². The fraction of sp³-hybridized carbons (Fsp3) is 0.500. The lowest BCUT2D eigenvalue weighted by Gasteiger charge is -2.18. The molecule has 0 aliphatic heterocycles. The molecule has 0 spiro atoms. The molecule has 0 radical (unpaired) electrons. The van der Waals surface area contributed by atoms with Crippen molar-refractivity contribution < 1.29 is 8.42 Å². The number of guanidine groups is 1. The van der Waals surface area contributed by atoms with E-state index in [0.717, 1.165) is 10.0 Å². The van der Waals surface area contributed by atoms with Gasteiger partial charge in [0.1, 0.15) is 9.84 Å². The largest absolute Gasteiger partial charge is 0.354 e. The topological polar surface area (TPSA) is 70.6 Å². The summed E-state index contributed by atoms with van der Waals surface area (Å²) in [6, 6.07) is 5.69. The zero-order valence-corrected chi connectivity index (χ0v) is 16.0. The van der Waals surface area contributed by atoms with Crippen molar-refractivity contribution >= 4 is 43.3 Å². The van der Waals surface area contributed by atoms with E-state index in [1.165, 1.54) is 6.26 Å². The smallest absolute Gasteiger partial charge is 0.191 e. The van der Waals surface area contributed by atoms with Gasteiger partial charge in [0.15, 0.2) is 5.96 Å². The van der Waals surface area contributed by atoms with Crippen LogP contribution in [0.1, 0.15) is 18.9 Å². The highest BCUT2D eigenvalue weighted by molar-refractivity contribution is 9.10. The number of aliphatic imine (C=N–C) groups is 1. The van der Waals surface area contributed by atoms with Crippen LogP contribution in [0.25, 0.3) is 0 Å². The van der Waals surface area contributed by atoms with Crippen molar-refractivity contribution in [1.29, 1.82) is 0 Å². The summed E-state index contributed by atoms with van der Waals surface area (Å²) in [5.41, 5.74) is 0.955. The Morgan fingerprint density at radius 2 is 2.14 bits per heavy atom. The second-order valence-corrected chi connectivity index (χ2v) is 8.71. The molecule has 1 aromatic rings. The average molecular weight is 411 g/mol. The van der Waals surface area contributed by atoms with Crippen molar-refractivity contribution in [2.45, 2.75) is 25.9 Å². The van der Waals surface area contributed by atoms with Crippen molar-refractivity contribution in [3.63, 3.8) is 0 Å². The highest BCUT2D eigenvalue weighted by atomic mass is 79.9. The number of hydrogen-bond acceptors (Lipinski definition) is 3. The molecule has 0 saturated heterocycles. The van der Waals surface area contributed by atoms with Crippen LogP contribution in [0.3, 0.4) is 0 Å². The molecule has 0 aliphatic rings. The van der Waals surface area contributed by atoms with Crippen LogP contribution in [0.4, 0.5) is 0 Å². The number of rotatable bonds is 6. The summed E-state index contributed by atoms with van der Waals surface area (Å²) < 4.78 is 23.3. The van der Waals surface area contributed by atoms with Crippen molar-refractivity contribution in [2.75, 3.05) is 19.1 Å². The Morgan fingerprint density at radius 1 is 1.45 bits per heavy atom. The van der Waals surface area contributed by atoms with Crippen molar-refractivity contribution in [3.05, 3.63) is 33.3 Å². The number of nitrogens with zero attached hydrogens (tertiary/aromatic N) is 1. The molecule has 0 saturated carbocycles. The van der Waals surface area contributed by atoms with Gasteiger partial charge in [0.25, 0.3) is 0 Å². The fourth-order valence-electron chi connectivity index (χ4n) is 1.74. The van der Waals surface area contributed by atoms with E-state index in [-0.39, 0.29) is 11.8 Å². The van der Waals surface area contributed by atoms with Crippen LogP contribution in [-0.2, 0) is 16.4 Å². The molecule has 1 rings (SSSR count). The van der Waals surface area contributed by atoms with Crippen LogP contribution in [0, 0.1) is 0 Å². The van der Waals surface area contributed by atoms with E-state index in [9.17, 15) is 8.42 Å². The number of nitrogens with one attached hydrogen (secondary N) is 2. The minimum atomic E-state index is -2.95. The molecule has 1 unspecified atom stereocenters. The molecule has 8 heteroatoms.